The lowest BCUT2D eigenvalue weighted by Crippen LogP contribution is -2.39. The van der Waals surface area contributed by atoms with Gasteiger partial charge >= 0.3 is 0 Å². The van der Waals surface area contributed by atoms with Gasteiger partial charge in [0.2, 0.25) is 0 Å². The van der Waals surface area contributed by atoms with Crippen LogP contribution >= 0.6 is 0 Å². The summed E-state index contributed by atoms with van der Waals surface area (Å²) < 4.78 is 0. The summed E-state index contributed by atoms with van der Waals surface area (Å²) in [5.74, 6) is 1.79. The normalized spacial score (nSPS) is 17.8. The molecule has 0 saturated carbocycles. The summed E-state index contributed by atoms with van der Waals surface area (Å²) in [6, 6.07) is 1.90. The fourth-order valence-corrected chi connectivity index (χ4v) is 3.57. The molecular formula is C21H29N5O. The van der Waals surface area contributed by atoms with E-state index in [0.29, 0.717) is 12.1 Å². The molecule has 144 valence electrons. The van der Waals surface area contributed by atoms with E-state index in [0.717, 1.165) is 47.2 Å². The first kappa shape index (κ1) is 19.3. The van der Waals surface area contributed by atoms with Crippen molar-refractivity contribution in [2.24, 2.45) is 0 Å². The summed E-state index contributed by atoms with van der Waals surface area (Å²) in [6.07, 6.45) is 2.87. The second kappa shape index (κ2) is 7.62. The van der Waals surface area contributed by atoms with Crippen LogP contribution < -0.4 is 4.90 Å². The molecule has 0 aromatic carbocycles. The molecule has 27 heavy (non-hydrogen) atoms. The van der Waals surface area contributed by atoms with Crippen LogP contribution in [0.1, 0.15) is 71.9 Å². The van der Waals surface area contributed by atoms with Gasteiger partial charge in [0.25, 0.3) is 5.91 Å². The van der Waals surface area contributed by atoms with Gasteiger partial charge < -0.3 is 9.80 Å². The first-order valence-electron chi connectivity index (χ1n) is 9.82. The monoisotopic (exact) mass is 367 g/mol. The lowest BCUT2D eigenvalue weighted by molar-refractivity contribution is 0.0703. The number of fused-ring (bicyclic) bond motifs is 1. The maximum Gasteiger partial charge on any atom is 0.256 e. The van der Waals surface area contributed by atoms with Crippen molar-refractivity contribution in [2.45, 2.75) is 60.5 Å². The van der Waals surface area contributed by atoms with Crippen LogP contribution in [0.3, 0.4) is 0 Å². The number of aromatic nitrogens is 3. The van der Waals surface area contributed by atoms with Gasteiger partial charge in [-0.25, -0.2) is 9.97 Å². The molecule has 0 bridgehead atoms. The average Bonchev–Trinajstić information content (AvgIpc) is 2.93. The Kier molecular flexibility index (Phi) is 5.44. The van der Waals surface area contributed by atoms with E-state index in [1.54, 1.807) is 6.20 Å². The molecule has 1 saturated heterocycles. The number of pyridine rings is 1. The third-order valence-electron chi connectivity index (χ3n) is 5.33. The minimum Gasteiger partial charge on any atom is -0.356 e. The number of aryl methyl sites for hydroxylation is 3. The molecule has 4 heterocycles. The molecule has 4 rings (SSSR count). The molecule has 0 aliphatic carbocycles. The smallest absolute Gasteiger partial charge is 0.256 e. The van der Waals surface area contributed by atoms with Crippen LogP contribution in [0.25, 0.3) is 0 Å². The number of carbonyl (C=O) groups excluding carboxylic acids is 1. The molecule has 0 spiro atoms. The molecule has 2 aliphatic heterocycles. The molecule has 1 fully saturated rings. The van der Waals surface area contributed by atoms with E-state index in [-0.39, 0.29) is 11.9 Å². The van der Waals surface area contributed by atoms with E-state index in [1.165, 1.54) is 6.42 Å². The van der Waals surface area contributed by atoms with Crippen LogP contribution in [-0.2, 0) is 6.54 Å². The summed E-state index contributed by atoms with van der Waals surface area (Å²) in [5.41, 5.74) is 4.71. The largest absolute Gasteiger partial charge is 0.356 e. The standard InChI is InChI=1S/C19H23N5O.C2H6/c1-11-8-15(9-20-12(11)2)19(25)24-10-16-17(13(24)3)18(22-14(4)21-16)23-6-5-7-23;1-2/h8-9,13H,5-7,10H2,1-4H3;1-2H3/t13-;/m1./s1. The molecule has 2 aromatic rings. The second-order valence-corrected chi connectivity index (χ2v) is 7.03. The number of hydrogen-bond acceptors (Lipinski definition) is 5. The maximum absolute atomic E-state index is 13.1. The van der Waals surface area contributed by atoms with E-state index >= 15 is 0 Å². The Hall–Kier alpha value is -2.50. The van der Waals surface area contributed by atoms with E-state index in [9.17, 15) is 4.79 Å². The van der Waals surface area contributed by atoms with Crippen LogP contribution in [0.4, 0.5) is 5.82 Å². The van der Waals surface area contributed by atoms with E-state index in [2.05, 4.69) is 26.8 Å². The van der Waals surface area contributed by atoms with Crippen LogP contribution in [-0.4, -0.2) is 38.8 Å². The fraction of sp³-hybridized carbons (Fsp3) is 0.524. The highest BCUT2D eigenvalue weighted by Crippen LogP contribution is 2.39. The Morgan fingerprint density at radius 2 is 1.85 bits per heavy atom. The van der Waals surface area contributed by atoms with Crippen molar-refractivity contribution in [1.29, 1.82) is 0 Å². The Labute approximate surface area is 161 Å². The highest BCUT2D eigenvalue weighted by atomic mass is 16.2. The van der Waals surface area contributed by atoms with Crippen molar-refractivity contribution in [3.05, 3.63) is 46.2 Å². The summed E-state index contributed by atoms with van der Waals surface area (Å²) in [4.78, 5) is 30.9. The highest BCUT2D eigenvalue weighted by molar-refractivity contribution is 5.95. The molecule has 1 amide bonds. The Bertz CT molecular complexity index is 860. The zero-order valence-corrected chi connectivity index (χ0v) is 17.2. The quantitative estimate of drug-likeness (QED) is 0.809. The van der Waals surface area contributed by atoms with Gasteiger partial charge in [-0.1, -0.05) is 13.8 Å². The molecule has 0 N–H and O–H groups in total. The number of carbonyl (C=O) groups is 1. The molecule has 6 nitrogen and oxygen atoms in total. The Morgan fingerprint density at radius 3 is 2.44 bits per heavy atom. The molecule has 6 heteroatoms. The van der Waals surface area contributed by atoms with Gasteiger partial charge in [-0.2, -0.15) is 0 Å². The molecular weight excluding hydrogens is 338 g/mol. The lowest BCUT2D eigenvalue weighted by Gasteiger charge is -2.34. The minimum absolute atomic E-state index is 0.00770. The molecule has 0 unspecified atom stereocenters. The van der Waals surface area contributed by atoms with Crippen LogP contribution in [0, 0.1) is 20.8 Å². The molecule has 1 atom stereocenters. The first-order chi connectivity index (χ1) is 13.0. The zero-order chi connectivity index (χ0) is 19.7. The van der Waals surface area contributed by atoms with Crippen LogP contribution in [0.2, 0.25) is 0 Å². The second-order valence-electron chi connectivity index (χ2n) is 7.03. The fourth-order valence-electron chi connectivity index (χ4n) is 3.57. The number of hydrogen-bond donors (Lipinski definition) is 0. The number of amides is 1. The molecule has 2 aliphatic rings. The molecule has 0 radical (unpaired) electrons. The summed E-state index contributed by atoms with van der Waals surface area (Å²) >= 11 is 0. The van der Waals surface area contributed by atoms with Crippen molar-refractivity contribution >= 4 is 11.7 Å². The van der Waals surface area contributed by atoms with Gasteiger partial charge in [0.1, 0.15) is 11.6 Å². The number of nitrogens with zero attached hydrogens (tertiary/aromatic N) is 5. The topological polar surface area (TPSA) is 62.2 Å². The predicted molar refractivity (Wildman–Crippen MR) is 107 cm³/mol. The van der Waals surface area contributed by atoms with E-state index < -0.39 is 0 Å². The minimum atomic E-state index is -0.0275. The van der Waals surface area contributed by atoms with Crippen LogP contribution in [0.15, 0.2) is 12.3 Å². The van der Waals surface area contributed by atoms with Gasteiger partial charge in [0.15, 0.2) is 0 Å². The maximum atomic E-state index is 13.1. The van der Waals surface area contributed by atoms with Crippen molar-refractivity contribution in [3.63, 3.8) is 0 Å². The van der Waals surface area contributed by atoms with Gasteiger partial charge in [-0.15, -0.1) is 0 Å². The van der Waals surface area contributed by atoms with Gasteiger partial charge in [0.05, 0.1) is 23.8 Å². The third kappa shape index (κ3) is 3.40. The molecule has 2 aromatic heterocycles. The van der Waals surface area contributed by atoms with Gasteiger partial charge in [-0.05, 0) is 45.7 Å². The van der Waals surface area contributed by atoms with Gasteiger partial charge in [0, 0.05) is 30.5 Å². The van der Waals surface area contributed by atoms with Crippen molar-refractivity contribution in [2.75, 3.05) is 18.0 Å². The third-order valence-corrected chi connectivity index (χ3v) is 5.33. The first-order valence-corrected chi connectivity index (χ1v) is 9.82. The summed E-state index contributed by atoms with van der Waals surface area (Å²) in [5, 5.41) is 0. The predicted octanol–water partition coefficient (Wildman–Crippen LogP) is 3.75. The van der Waals surface area contributed by atoms with E-state index in [4.69, 9.17) is 0 Å². The highest BCUT2D eigenvalue weighted by Gasteiger charge is 2.37. The number of anilines is 1. The SMILES string of the molecule is CC.Cc1nc2c(c(N3CCC3)n1)[C@@H](C)N(C(=O)c1cnc(C)c(C)c1)C2. The van der Waals surface area contributed by atoms with Crippen molar-refractivity contribution in [3.8, 4) is 0 Å². The summed E-state index contributed by atoms with van der Waals surface area (Å²) in [7, 11) is 0. The van der Waals surface area contributed by atoms with Crippen molar-refractivity contribution in [1.82, 2.24) is 19.9 Å². The average molecular weight is 367 g/mol. The Morgan fingerprint density at radius 1 is 1.15 bits per heavy atom. The van der Waals surface area contributed by atoms with Crippen LogP contribution in [0.5, 0.6) is 0 Å². The zero-order valence-electron chi connectivity index (χ0n) is 17.2. The van der Waals surface area contributed by atoms with Crippen molar-refractivity contribution < 1.29 is 4.79 Å². The number of rotatable bonds is 2. The lowest BCUT2D eigenvalue weighted by atomic mass is 10.1. The summed E-state index contributed by atoms with van der Waals surface area (Å²) in [6.45, 7) is 14.5. The Balaban J connectivity index is 0.00000102. The van der Waals surface area contributed by atoms with Gasteiger partial charge in [-0.3, -0.25) is 9.78 Å². The van der Waals surface area contributed by atoms with E-state index in [1.807, 2.05) is 45.6 Å².